The van der Waals surface area contributed by atoms with Gasteiger partial charge in [0.2, 0.25) is 5.91 Å². The highest BCUT2D eigenvalue weighted by Crippen LogP contribution is 2.31. The second-order valence-corrected chi connectivity index (χ2v) is 6.76. The van der Waals surface area contributed by atoms with E-state index in [4.69, 9.17) is 0 Å². The third kappa shape index (κ3) is 3.88. The molecule has 2 fully saturated rings. The van der Waals surface area contributed by atoms with Crippen molar-refractivity contribution in [3.8, 4) is 0 Å². The predicted molar refractivity (Wildman–Crippen MR) is 91.7 cm³/mol. The molecule has 3 amide bonds. The van der Waals surface area contributed by atoms with Crippen LogP contribution in [0.4, 0.5) is 10.6 Å². The smallest absolute Gasteiger partial charge is 0.323 e. The normalized spacial score (nSPS) is 18.4. The molecule has 2 heterocycles. The Morgan fingerprint density at radius 3 is 2.62 bits per heavy atom. The van der Waals surface area contributed by atoms with Crippen LogP contribution in [-0.2, 0) is 18.3 Å². The van der Waals surface area contributed by atoms with Gasteiger partial charge in [0.25, 0.3) is 0 Å². The SMILES string of the molecule is CCCc1cc(NC(=O)N2CCCN(C(=O)C3CC3)CC2)n(C)n1. The molecule has 1 aromatic rings. The van der Waals surface area contributed by atoms with Gasteiger partial charge in [-0.05, 0) is 25.7 Å². The van der Waals surface area contributed by atoms with Crippen molar-refractivity contribution in [1.29, 1.82) is 0 Å². The average Bonchev–Trinajstić information content (AvgIpc) is 3.36. The van der Waals surface area contributed by atoms with Crippen LogP contribution in [0.1, 0.15) is 38.3 Å². The lowest BCUT2D eigenvalue weighted by atomic mass is 10.2. The Morgan fingerprint density at radius 2 is 1.92 bits per heavy atom. The molecule has 1 N–H and O–H groups in total. The van der Waals surface area contributed by atoms with Gasteiger partial charge in [-0.25, -0.2) is 4.79 Å². The number of carbonyl (C=O) groups excluding carboxylic acids is 2. The van der Waals surface area contributed by atoms with Crippen LogP contribution in [0, 0.1) is 5.92 Å². The molecular formula is C17H27N5O2. The molecule has 0 aromatic carbocycles. The van der Waals surface area contributed by atoms with Crippen LogP contribution < -0.4 is 5.32 Å². The molecule has 0 unspecified atom stereocenters. The van der Waals surface area contributed by atoms with Gasteiger partial charge in [0.15, 0.2) is 0 Å². The highest BCUT2D eigenvalue weighted by Gasteiger charge is 2.34. The van der Waals surface area contributed by atoms with Crippen molar-refractivity contribution in [2.45, 2.75) is 39.0 Å². The molecule has 1 saturated carbocycles. The molecule has 0 bridgehead atoms. The molecule has 3 rings (SSSR count). The van der Waals surface area contributed by atoms with E-state index in [-0.39, 0.29) is 17.9 Å². The summed E-state index contributed by atoms with van der Waals surface area (Å²) in [5.74, 6) is 1.24. The maximum absolute atomic E-state index is 12.5. The fraction of sp³-hybridized carbons (Fsp3) is 0.706. The number of rotatable bonds is 4. The number of hydrogen-bond donors (Lipinski definition) is 1. The average molecular weight is 333 g/mol. The Labute approximate surface area is 143 Å². The molecule has 0 atom stereocenters. The second kappa shape index (κ2) is 7.23. The summed E-state index contributed by atoms with van der Waals surface area (Å²) >= 11 is 0. The van der Waals surface area contributed by atoms with Crippen molar-refractivity contribution in [2.24, 2.45) is 13.0 Å². The van der Waals surface area contributed by atoms with Gasteiger partial charge < -0.3 is 9.80 Å². The number of anilines is 1. The molecule has 2 aliphatic rings. The molecule has 0 radical (unpaired) electrons. The van der Waals surface area contributed by atoms with Crippen LogP contribution in [-0.4, -0.2) is 57.7 Å². The minimum Gasteiger partial charge on any atom is -0.341 e. The largest absolute Gasteiger partial charge is 0.341 e. The van der Waals surface area contributed by atoms with E-state index in [2.05, 4.69) is 17.3 Å². The maximum Gasteiger partial charge on any atom is 0.323 e. The molecule has 24 heavy (non-hydrogen) atoms. The summed E-state index contributed by atoms with van der Waals surface area (Å²) in [6, 6.07) is 1.82. The van der Waals surface area contributed by atoms with E-state index < -0.39 is 0 Å². The number of nitrogens with one attached hydrogen (secondary N) is 1. The molecule has 7 heteroatoms. The summed E-state index contributed by atoms with van der Waals surface area (Å²) in [5, 5.41) is 7.36. The van der Waals surface area contributed by atoms with Crippen LogP contribution in [0.2, 0.25) is 0 Å². The van der Waals surface area contributed by atoms with Crippen molar-refractivity contribution in [3.05, 3.63) is 11.8 Å². The monoisotopic (exact) mass is 333 g/mol. The van der Waals surface area contributed by atoms with Gasteiger partial charge >= 0.3 is 6.03 Å². The van der Waals surface area contributed by atoms with E-state index in [0.29, 0.717) is 19.6 Å². The third-order valence-corrected chi connectivity index (χ3v) is 4.69. The molecule has 132 valence electrons. The topological polar surface area (TPSA) is 70.5 Å². The molecule has 1 aliphatic carbocycles. The number of carbonyl (C=O) groups is 2. The van der Waals surface area contributed by atoms with E-state index in [1.807, 2.05) is 18.0 Å². The summed E-state index contributed by atoms with van der Waals surface area (Å²) in [7, 11) is 1.84. The minimum absolute atomic E-state index is 0.109. The number of urea groups is 1. The maximum atomic E-state index is 12.5. The zero-order valence-electron chi connectivity index (χ0n) is 14.6. The number of amides is 3. The molecular weight excluding hydrogens is 306 g/mol. The van der Waals surface area contributed by atoms with E-state index >= 15 is 0 Å². The first-order valence-corrected chi connectivity index (χ1v) is 8.96. The lowest BCUT2D eigenvalue weighted by Gasteiger charge is -2.22. The fourth-order valence-electron chi connectivity index (χ4n) is 3.14. The first-order chi connectivity index (χ1) is 11.6. The van der Waals surface area contributed by atoms with Crippen molar-refractivity contribution in [1.82, 2.24) is 19.6 Å². The molecule has 1 aliphatic heterocycles. The highest BCUT2D eigenvalue weighted by atomic mass is 16.2. The molecule has 1 aromatic heterocycles. The van der Waals surface area contributed by atoms with Crippen LogP contribution in [0.25, 0.3) is 0 Å². The number of aromatic nitrogens is 2. The lowest BCUT2D eigenvalue weighted by molar-refractivity contribution is -0.132. The third-order valence-electron chi connectivity index (χ3n) is 4.69. The summed E-state index contributed by atoms with van der Waals surface area (Å²) < 4.78 is 1.71. The lowest BCUT2D eigenvalue weighted by Crippen LogP contribution is -2.39. The Kier molecular flexibility index (Phi) is 5.06. The Bertz CT molecular complexity index is 608. The van der Waals surface area contributed by atoms with Crippen LogP contribution in [0.5, 0.6) is 0 Å². The van der Waals surface area contributed by atoms with Crippen LogP contribution >= 0.6 is 0 Å². The summed E-state index contributed by atoms with van der Waals surface area (Å²) in [6.07, 6.45) is 4.83. The van der Waals surface area contributed by atoms with Gasteiger partial charge in [-0.1, -0.05) is 13.3 Å². The second-order valence-electron chi connectivity index (χ2n) is 6.76. The van der Waals surface area contributed by atoms with Gasteiger partial charge in [0, 0.05) is 45.2 Å². The first-order valence-electron chi connectivity index (χ1n) is 8.96. The summed E-state index contributed by atoms with van der Waals surface area (Å²) in [4.78, 5) is 28.4. The van der Waals surface area contributed by atoms with Gasteiger partial charge in [0.05, 0.1) is 5.69 Å². The van der Waals surface area contributed by atoms with Gasteiger partial charge in [-0.3, -0.25) is 14.8 Å². The van der Waals surface area contributed by atoms with Crippen LogP contribution in [0.3, 0.4) is 0 Å². The van der Waals surface area contributed by atoms with Gasteiger partial charge in [-0.2, -0.15) is 5.10 Å². The standard InChI is InChI=1S/C17H27N5O2/c1-3-5-14-12-15(20(2)19-14)18-17(24)22-9-4-8-21(10-11-22)16(23)13-6-7-13/h12-13H,3-11H2,1-2H3,(H,18,24). The number of hydrogen-bond acceptors (Lipinski definition) is 3. The molecule has 7 nitrogen and oxygen atoms in total. The molecule has 0 spiro atoms. The van der Waals surface area contributed by atoms with Crippen LogP contribution in [0.15, 0.2) is 6.07 Å². The fourth-order valence-corrected chi connectivity index (χ4v) is 3.14. The van der Waals surface area contributed by atoms with E-state index in [1.54, 1.807) is 9.58 Å². The number of aryl methyl sites for hydroxylation is 2. The van der Waals surface area contributed by atoms with Crippen molar-refractivity contribution in [3.63, 3.8) is 0 Å². The van der Waals surface area contributed by atoms with Gasteiger partial charge in [-0.15, -0.1) is 0 Å². The van der Waals surface area contributed by atoms with Crippen molar-refractivity contribution < 1.29 is 9.59 Å². The summed E-state index contributed by atoms with van der Waals surface area (Å²) in [6.45, 7) is 4.77. The van der Waals surface area contributed by atoms with Crippen molar-refractivity contribution >= 4 is 17.8 Å². The Morgan fingerprint density at radius 1 is 1.21 bits per heavy atom. The Hall–Kier alpha value is -2.05. The Balaban J connectivity index is 1.56. The van der Waals surface area contributed by atoms with Crippen molar-refractivity contribution in [2.75, 3.05) is 31.5 Å². The zero-order chi connectivity index (χ0) is 17.1. The van der Waals surface area contributed by atoms with E-state index in [0.717, 1.165) is 50.2 Å². The van der Waals surface area contributed by atoms with E-state index in [9.17, 15) is 9.59 Å². The first kappa shape index (κ1) is 16.8. The quantitative estimate of drug-likeness (QED) is 0.914. The van der Waals surface area contributed by atoms with Gasteiger partial charge in [0.1, 0.15) is 5.82 Å². The minimum atomic E-state index is -0.109. The predicted octanol–water partition coefficient (Wildman–Crippen LogP) is 1.85. The summed E-state index contributed by atoms with van der Waals surface area (Å²) in [5.41, 5.74) is 0.993. The van der Waals surface area contributed by atoms with E-state index in [1.165, 1.54) is 0 Å². The zero-order valence-corrected chi connectivity index (χ0v) is 14.6. The number of nitrogens with zero attached hydrogens (tertiary/aromatic N) is 4. The highest BCUT2D eigenvalue weighted by molar-refractivity contribution is 5.88. The molecule has 1 saturated heterocycles.